The zero-order valence-corrected chi connectivity index (χ0v) is 16.4. The molecule has 4 N–H and O–H groups in total. The standard InChI is InChI=1S/C21H20N8O/c1-30-13-17-7-3-6-16(26-17)11-25-12-20(29-24)19-9-18(27-21(23)28-19)15-5-2-4-14(8-15)10-22/h2-9,12H,11,13,24H2,1H3,(H2,23,27,28). The van der Waals surface area contributed by atoms with E-state index in [4.69, 9.17) is 21.6 Å². The second-order valence-electron chi connectivity index (χ2n) is 6.23. The van der Waals surface area contributed by atoms with E-state index in [2.05, 4.69) is 31.1 Å². The van der Waals surface area contributed by atoms with Gasteiger partial charge in [0.25, 0.3) is 0 Å². The van der Waals surface area contributed by atoms with Crippen LogP contribution in [0.5, 0.6) is 0 Å². The van der Waals surface area contributed by atoms with Crippen LogP contribution in [-0.4, -0.2) is 34.0 Å². The molecule has 0 radical (unpaired) electrons. The van der Waals surface area contributed by atoms with E-state index in [0.29, 0.717) is 35.8 Å². The summed E-state index contributed by atoms with van der Waals surface area (Å²) in [5, 5.41) is 12.9. The minimum Gasteiger partial charge on any atom is -0.378 e. The SMILES string of the molecule is COCc1cccc(CN=CC(=NN)c2cc(-c3cccc(C#N)c3)nc(N)n2)n1. The fourth-order valence-electron chi connectivity index (χ4n) is 2.73. The number of aliphatic imine (C=N–C) groups is 1. The van der Waals surface area contributed by atoms with Crippen molar-refractivity contribution in [3.05, 3.63) is 71.2 Å². The van der Waals surface area contributed by atoms with Crippen molar-refractivity contribution < 1.29 is 4.74 Å². The first-order valence-electron chi connectivity index (χ1n) is 9.00. The van der Waals surface area contributed by atoms with Gasteiger partial charge < -0.3 is 16.3 Å². The van der Waals surface area contributed by atoms with Gasteiger partial charge in [0.05, 0.1) is 53.8 Å². The third-order valence-corrected chi connectivity index (χ3v) is 4.06. The molecule has 0 fully saturated rings. The molecule has 2 aromatic heterocycles. The molecule has 0 bridgehead atoms. The van der Waals surface area contributed by atoms with Gasteiger partial charge in [0, 0.05) is 12.7 Å². The predicted molar refractivity (Wildman–Crippen MR) is 114 cm³/mol. The number of nitriles is 1. The van der Waals surface area contributed by atoms with Crippen molar-refractivity contribution >= 4 is 17.9 Å². The van der Waals surface area contributed by atoms with Crippen molar-refractivity contribution in [3.8, 4) is 17.3 Å². The maximum atomic E-state index is 9.11. The van der Waals surface area contributed by atoms with Crippen LogP contribution in [0.1, 0.15) is 22.6 Å². The monoisotopic (exact) mass is 400 g/mol. The summed E-state index contributed by atoms with van der Waals surface area (Å²) in [6.45, 7) is 0.775. The Labute approximate surface area is 173 Å². The predicted octanol–water partition coefficient (Wildman–Crippen LogP) is 2.07. The van der Waals surface area contributed by atoms with Gasteiger partial charge in [-0.1, -0.05) is 18.2 Å². The maximum Gasteiger partial charge on any atom is 0.221 e. The first-order valence-corrected chi connectivity index (χ1v) is 9.00. The fourth-order valence-corrected chi connectivity index (χ4v) is 2.73. The number of nitrogen functional groups attached to an aromatic ring is 1. The van der Waals surface area contributed by atoms with Gasteiger partial charge in [0.1, 0.15) is 5.71 Å². The lowest BCUT2D eigenvalue weighted by molar-refractivity contribution is 0.181. The third kappa shape index (κ3) is 5.21. The van der Waals surface area contributed by atoms with E-state index < -0.39 is 0 Å². The molecule has 0 spiro atoms. The minimum absolute atomic E-state index is 0.0633. The molecule has 3 aromatic rings. The van der Waals surface area contributed by atoms with E-state index >= 15 is 0 Å². The second kappa shape index (κ2) is 9.86. The zero-order chi connectivity index (χ0) is 21.3. The van der Waals surface area contributed by atoms with Crippen LogP contribution in [0.4, 0.5) is 5.95 Å². The highest BCUT2D eigenvalue weighted by Gasteiger charge is 2.10. The molecule has 9 heteroatoms. The summed E-state index contributed by atoms with van der Waals surface area (Å²) in [7, 11) is 1.62. The molecular formula is C21H20N8O. The molecule has 0 aliphatic heterocycles. The van der Waals surface area contributed by atoms with E-state index in [-0.39, 0.29) is 5.95 Å². The zero-order valence-electron chi connectivity index (χ0n) is 16.4. The van der Waals surface area contributed by atoms with Gasteiger partial charge in [-0.15, -0.1) is 0 Å². The molecule has 1 aromatic carbocycles. The van der Waals surface area contributed by atoms with Crippen LogP contribution in [0.3, 0.4) is 0 Å². The van der Waals surface area contributed by atoms with Crippen LogP contribution in [0.15, 0.2) is 58.6 Å². The molecule has 9 nitrogen and oxygen atoms in total. The molecule has 0 amide bonds. The number of ether oxygens (including phenoxy) is 1. The molecule has 0 unspecified atom stereocenters. The summed E-state index contributed by atoms with van der Waals surface area (Å²) in [6.07, 6.45) is 1.52. The van der Waals surface area contributed by atoms with Gasteiger partial charge in [0.2, 0.25) is 5.95 Å². The number of nitrogens with zero attached hydrogens (tertiary/aromatic N) is 6. The summed E-state index contributed by atoms with van der Waals surface area (Å²) in [5.74, 6) is 5.62. The lowest BCUT2D eigenvalue weighted by Crippen LogP contribution is -2.11. The molecule has 30 heavy (non-hydrogen) atoms. The Morgan fingerprint density at radius 3 is 2.70 bits per heavy atom. The smallest absolute Gasteiger partial charge is 0.221 e. The van der Waals surface area contributed by atoms with Gasteiger partial charge in [-0.2, -0.15) is 10.4 Å². The number of benzene rings is 1. The Morgan fingerprint density at radius 1 is 1.13 bits per heavy atom. The number of rotatable bonds is 7. The second-order valence-corrected chi connectivity index (χ2v) is 6.23. The van der Waals surface area contributed by atoms with Crippen LogP contribution < -0.4 is 11.6 Å². The Bertz CT molecular complexity index is 1130. The summed E-state index contributed by atoms with van der Waals surface area (Å²) < 4.78 is 5.09. The van der Waals surface area contributed by atoms with Gasteiger partial charge in [-0.3, -0.25) is 9.98 Å². The fraction of sp³-hybridized carbons (Fsp3) is 0.143. The molecule has 0 atom stereocenters. The van der Waals surface area contributed by atoms with Crippen molar-refractivity contribution in [1.29, 1.82) is 5.26 Å². The lowest BCUT2D eigenvalue weighted by atomic mass is 10.1. The summed E-state index contributed by atoms with van der Waals surface area (Å²) in [6, 6.07) is 16.5. The first kappa shape index (κ1) is 20.6. The average Bonchev–Trinajstić information content (AvgIpc) is 2.77. The minimum atomic E-state index is 0.0633. The van der Waals surface area contributed by atoms with E-state index in [1.807, 2.05) is 24.3 Å². The lowest BCUT2D eigenvalue weighted by Gasteiger charge is -2.06. The number of hydrogen-bond donors (Lipinski definition) is 2. The topological polar surface area (TPSA) is 148 Å². The Morgan fingerprint density at radius 2 is 1.93 bits per heavy atom. The van der Waals surface area contributed by atoms with Gasteiger partial charge in [0.15, 0.2) is 0 Å². The van der Waals surface area contributed by atoms with Crippen molar-refractivity contribution in [2.45, 2.75) is 13.2 Å². The van der Waals surface area contributed by atoms with E-state index in [1.165, 1.54) is 6.21 Å². The van der Waals surface area contributed by atoms with Crippen LogP contribution in [0.2, 0.25) is 0 Å². The highest BCUT2D eigenvalue weighted by molar-refractivity contribution is 6.37. The third-order valence-electron chi connectivity index (χ3n) is 4.06. The molecule has 3 rings (SSSR count). The summed E-state index contributed by atoms with van der Waals surface area (Å²) in [4.78, 5) is 17.3. The quantitative estimate of drug-likeness (QED) is 0.350. The van der Waals surface area contributed by atoms with Crippen LogP contribution in [-0.2, 0) is 17.9 Å². The van der Waals surface area contributed by atoms with Crippen LogP contribution in [0.25, 0.3) is 11.3 Å². The van der Waals surface area contributed by atoms with E-state index in [0.717, 1.165) is 17.0 Å². The molecule has 0 saturated heterocycles. The number of hydrazone groups is 1. The average molecular weight is 400 g/mol. The van der Waals surface area contributed by atoms with Gasteiger partial charge in [-0.25, -0.2) is 9.97 Å². The Balaban J connectivity index is 1.83. The van der Waals surface area contributed by atoms with E-state index in [9.17, 15) is 0 Å². The van der Waals surface area contributed by atoms with Crippen molar-refractivity contribution in [2.75, 3.05) is 12.8 Å². The number of aromatic nitrogens is 3. The van der Waals surface area contributed by atoms with Gasteiger partial charge in [-0.05, 0) is 30.3 Å². The maximum absolute atomic E-state index is 9.11. The molecule has 0 saturated carbocycles. The first-order chi connectivity index (χ1) is 14.6. The van der Waals surface area contributed by atoms with Crippen LogP contribution in [0, 0.1) is 11.3 Å². The highest BCUT2D eigenvalue weighted by atomic mass is 16.5. The number of pyridine rings is 1. The summed E-state index contributed by atoms with van der Waals surface area (Å²) >= 11 is 0. The Kier molecular flexibility index (Phi) is 6.76. The molecule has 0 aliphatic carbocycles. The van der Waals surface area contributed by atoms with Crippen LogP contribution >= 0.6 is 0 Å². The van der Waals surface area contributed by atoms with Crippen molar-refractivity contribution in [1.82, 2.24) is 15.0 Å². The largest absolute Gasteiger partial charge is 0.378 e. The molecule has 150 valence electrons. The number of methoxy groups -OCH3 is 1. The van der Waals surface area contributed by atoms with Gasteiger partial charge >= 0.3 is 0 Å². The molecule has 0 aliphatic rings. The normalized spacial score (nSPS) is 11.5. The molecule has 2 heterocycles. The van der Waals surface area contributed by atoms with E-state index in [1.54, 1.807) is 31.4 Å². The summed E-state index contributed by atoms with van der Waals surface area (Å²) in [5.41, 5.74) is 10.1. The Hall–Kier alpha value is -4.16. The number of anilines is 1. The van der Waals surface area contributed by atoms with Crippen molar-refractivity contribution in [2.24, 2.45) is 15.9 Å². The number of nitrogens with two attached hydrogens (primary N) is 2. The molecular weight excluding hydrogens is 380 g/mol. The van der Waals surface area contributed by atoms with Crippen molar-refractivity contribution in [3.63, 3.8) is 0 Å². The highest BCUT2D eigenvalue weighted by Crippen LogP contribution is 2.20. The number of hydrogen-bond acceptors (Lipinski definition) is 9.